The minimum Gasteiger partial charge on any atom is -0.303 e. The first-order valence-electron chi connectivity index (χ1n) is 5.23. The minimum atomic E-state index is -0.0243. The van der Waals surface area contributed by atoms with Crippen molar-refractivity contribution in [2.24, 2.45) is 5.92 Å². The number of nitrogens with zero attached hydrogens (tertiary/aromatic N) is 1. The molecule has 3 unspecified atom stereocenters. The Morgan fingerprint density at radius 2 is 2.07 bits per heavy atom. The first-order chi connectivity index (χ1) is 6.50. The molecular formula is C10H21N3O. The zero-order valence-electron chi connectivity index (χ0n) is 9.50. The molecule has 1 saturated heterocycles. The SMILES string of the molecule is CC(=O)NNC1CC(C)N(C)CC1C. The van der Waals surface area contributed by atoms with E-state index in [1.807, 2.05) is 0 Å². The number of hydrazine groups is 1. The lowest BCUT2D eigenvalue weighted by Crippen LogP contribution is -2.55. The third-order valence-corrected chi connectivity index (χ3v) is 3.04. The summed E-state index contributed by atoms with van der Waals surface area (Å²) in [5, 5.41) is 0. The summed E-state index contributed by atoms with van der Waals surface area (Å²) >= 11 is 0. The average Bonchev–Trinajstić information content (AvgIpc) is 2.09. The van der Waals surface area contributed by atoms with Crippen molar-refractivity contribution in [3.05, 3.63) is 0 Å². The van der Waals surface area contributed by atoms with Gasteiger partial charge in [-0.1, -0.05) is 6.92 Å². The van der Waals surface area contributed by atoms with E-state index in [2.05, 4.69) is 36.6 Å². The van der Waals surface area contributed by atoms with E-state index >= 15 is 0 Å². The van der Waals surface area contributed by atoms with Crippen LogP contribution in [0.2, 0.25) is 0 Å². The van der Waals surface area contributed by atoms with Gasteiger partial charge >= 0.3 is 0 Å². The summed E-state index contributed by atoms with van der Waals surface area (Å²) < 4.78 is 0. The number of piperidine rings is 1. The number of nitrogens with one attached hydrogen (secondary N) is 2. The molecule has 0 saturated carbocycles. The highest BCUT2D eigenvalue weighted by Gasteiger charge is 2.28. The number of carbonyl (C=O) groups is 1. The lowest BCUT2D eigenvalue weighted by Gasteiger charge is -2.39. The van der Waals surface area contributed by atoms with Gasteiger partial charge in [0.1, 0.15) is 0 Å². The van der Waals surface area contributed by atoms with Crippen molar-refractivity contribution in [2.75, 3.05) is 13.6 Å². The van der Waals surface area contributed by atoms with E-state index < -0.39 is 0 Å². The summed E-state index contributed by atoms with van der Waals surface area (Å²) in [6.07, 6.45) is 1.08. The Kier molecular flexibility index (Phi) is 3.89. The summed E-state index contributed by atoms with van der Waals surface area (Å²) in [5.41, 5.74) is 5.77. The molecule has 1 aliphatic heterocycles. The molecule has 0 spiro atoms. The maximum Gasteiger partial charge on any atom is 0.230 e. The van der Waals surface area contributed by atoms with Gasteiger partial charge in [0.05, 0.1) is 0 Å². The first-order valence-corrected chi connectivity index (χ1v) is 5.23. The lowest BCUT2D eigenvalue weighted by molar-refractivity contribution is -0.120. The summed E-state index contributed by atoms with van der Waals surface area (Å²) in [4.78, 5) is 13.1. The van der Waals surface area contributed by atoms with E-state index in [4.69, 9.17) is 0 Å². The van der Waals surface area contributed by atoms with Gasteiger partial charge in [-0.05, 0) is 26.3 Å². The van der Waals surface area contributed by atoms with Crippen molar-refractivity contribution in [1.82, 2.24) is 15.8 Å². The van der Waals surface area contributed by atoms with Crippen LogP contribution in [0.5, 0.6) is 0 Å². The highest BCUT2D eigenvalue weighted by atomic mass is 16.2. The van der Waals surface area contributed by atoms with Crippen LogP contribution in [0.1, 0.15) is 27.2 Å². The second-order valence-electron chi connectivity index (χ2n) is 4.43. The molecule has 3 atom stereocenters. The van der Waals surface area contributed by atoms with Crippen LogP contribution in [0.3, 0.4) is 0 Å². The first kappa shape index (κ1) is 11.5. The van der Waals surface area contributed by atoms with Crippen LogP contribution in [-0.4, -0.2) is 36.5 Å². The van der Waals surface area contributed by atoms with Crippen LogP contribution in [0.4, 0.5) is 0 Å². The number of hydrogen-bond donors (Lipinski definition) is 2. The molecule has 1 aliphatic rings. The number of rotatable bonds is 2. The molecule has 0 aromatic rings. The van der Waals surface area contributed by atoms with Crippen molar-refractivity contribution in [1.29, 1.82) is 0 Å². The number of likely N-dealkylation sites (tertiary alicyclic amines) is 1. The normalized spacial score (nSPS) is 34.1. The third kappa shape index (κ3) is 2.96. The van der Waals surface area contributed by atoms with E-state index in [1.165, 1.54) is 6.92 Å². The Morgan fingerprint density at radius 1 is 1.43 bits per heavy atom. The molecular weight excluding hydrogens is 178 g/mol. The van der Waals surface area contributed by atoms with E-state index in [9.17, 15) is 4.79 Å². The summed E-state index contributed by atoms with van der Waals surface area (Å²) in [7, 11) is 2.15. The van der Waals surface area contributed by atoms with Gasteiger partial charge in [-0.15, -0.1) is 0 Å². The summed E-state index contributed by atoms with van der Waals surface area (Å²) in [6.45, 7) is 7.03. The molecule has 0 aromatic carbocycles. The molecule has 0 aliphatic carbocycles. The average molecular weight is 199 g/mol. The predicted octanol–water partition coefficient (Wildman–Crippen LogP) is 0.356. The van der Waals surface area contributed by atoms with E-state index in [-0.39, 0.29) is 5.91 Å². The van der Waals surface area contributed by atoms with Gasteiger partial charge in [-0.3, -0.25) is 10.2 Å². The fourth-order valence-corrected chi connectivity index (χ4v) is 1.94. The van der Waals surface area contributed by atoms with Gasteiger partial charge in [0.25, 0.3) is 0 Å². The van der Waals surface area contributed by atoms with E-state index in [0.29, 0.717) is 18.0 Å². The quantitative estimate of drug-likeness (QED) is 0.631. The highest BCUT2D eigenvalue weighted by Crippen LogP contribution is 2.19. The minimum absolute atomic E-state index is 0.0243. The van der Waals surface area contributed by atoms with Crippen LogP contribution in [0.25, 0.3) is 0 Å². The van der Waals surface area contributed by atoms with Crippen LogP contribution < -0.4 is 10.9 Å². The van der Waals surface area contributed by atoms with Gasteiger partial charge in [-0.2, -0.15) is 0 Å². The molecule has 1 rings (SSSR count). The molecule has 0 bridgehead atoms. The van der Waals surface area contributed by atoms with Crippen LogP contribution >= 0.6 is 0 Å². The molecule has 1 amide bonds. The fraction of sp³-hybridized carbons (Fsp3) is 0.900. The van der Waals surface area contributed by atoms with E-state index in [1.54, 1.807) is 0 Å². The maximum atomic E-state index is 10.8. The standard InChI is InChI=1S/C10H21N3O/c1-7-6-13(4)8(2)5-10(7)12-11-9(3)14/h7-8,10,12H,5-6H2,1-4H3,(H,11,14). The smallest absolute Gasteiger partial charge is 0.230 e. The van der Waals surface area contributed by atoms with Crippen molar-refractivity contribution in [3.8, 4) is 0 Å². The molecule has 1 heterocycles. The van der Waals surface area contributed by atoms with Crippen molar-refractivity contribution < 1.29 is 4.79 Å². The van der Waals surface area contributed by atoms with E-state index in [0.717, 1.165) is 13.0 Å². The third-order valence-electron chi connectivity index (χ3n) is 3.04. The Morgan fingerprint density at radius 3 is 2.64 bits per heavy atom. The maximum absolute atomic E-state index is 10.8. The monoisotopic (exact) mass is 199 g/mol. The molecule has 82 valence electrons. The Balaban J connectivity index is 2.40. The second-order valence-corrected chi connectivity index (χ2v) is 4.43. The number of amides is 1. The van der Waals surface area contributed by atoms with Gasteiger partial charge in [0.2, 0.25) is 5.91 Å². The summed E-state index contributed by atoms with van der Waals surface area (Å²) in [5.74, 6) is 0.548. The second kappa shape index (κ2) is 4.75. The van der Waals surface area contributed by atoms with Gasteiger partial charge in [0.15, 0.2) is 0 Å². The summed E-state index contributed by atoms with van der Waals surface area (Å²) in [6, 6.07) is 0.975. The fourth-order valence-electron chi connectivity index (χ4n) is 1.94. The number of carbonyl (C=O) groups excluding carboxylic acids is 1. The van der Waals surface area contributed by atoms with Gasteiger partial charge in [-0.25, -0.2) is 5.43 Å². The molecule has 0 radical (unpaired) electrons. The van der Waals surface area contributed by atoms with Crippen LogP contribution in [0, 0.1) is 5.92 Å². The van der Waals surface area contributed by atoms with Gasteiger partial charge in [0, 0.05) is 25.6 Å². The Bertz CT molecular complexity index is 208. The molecule has 4 heteroatoms. The Labute approximate surface area is 86.0 Å². The highest BCUT2D eigenvalue weighted by molar-refractivity contribution is 5.72. The molecule has 14 heavy (non-hydrogen) atoms. The number of hydrogen-bond acceptors (Lipinski definition) is 3. The topological polar surface area (TPSA) is 44.4 Å². The predicted molar refractivity (Wildman–Crippen MR) is 56.6 cm³/mol. The lowest BCUT2D eigenvalue weighted by atomic mass is 9.90. The Hall–Kier alpha value is -0.610. The van der Waals surface area contributed by atoms with Gasteiger partial charge < -0.3 is 4.90 Å². The van der Waals surface area contributed by atoms with Crippen molar-refractivity contribution in [3.63, 3.8) is 0 Å². The largest absolute Gasteiger partial charge is 0.303 e. The molecule has 1 fully saturated rings. The van der Waals surface area contributed by atoms with Crippen molar-refractivity contribution in [2.45, 2.75) is 39.3 Å². The van der Waals surface area contributed by atoms with Crippen molar-refractivity contribution >= 4 is 5.91 Å². The molecule has 2 N–H and O–H groups in total. The zero-order valence-corrected chi connectivity index (χ0v) is 9.50. The van der Waals surface area contributed by atoms with Crippen LogP contribution in [-0.2, 0) is 4.79 Å². The molecule has 0 aromatic heterocycles. The molecule has 4 nitrogen and oxygen atoms in total. The van der Waals surface area contributed by atoms with Crippen LogP contribution in [0.15, 0.2) is 0 Å². The zero-order chi connectivity index (χ0) is 10.7.